The van der Waals surface area contributed by atoms with Crippen LogP contribution in [0.5, 0.6) is 0 Å². The second-order valence-electron chi connectivity index (χ2n) is 6.50. The van der Waals surface area contributed by atoms with Crippen molar-refractivity contribution in [3.63, 3.8) is 0 Å². The lowest BCUT2D eigenvalue weighted by atomic mass is 9.68. The van der Waals surface area contributed by atoms with Crippen LogP contribution in [0.3, 0.4) is 0 Å². The maximum atomic E-state index is 6.77. The van der Waals surface area contributed by atoms with Crippen molar-refractivity contribution in [1.82, 2.24) is 9.55 Å². The van der Waals surface area contributed by atoms with E-state index >= 15 is 0 Å². The number of aromatic nitrogens is 2. The van der Waals surface area contributed by atoms with Gasteiger partial charge in [0.2, 0.25) is 0 Å². The Morgan fingerprint density at radius 3 is 2.60 bits per heavy atom. The van der Waals surface area contributed by atoms with Crippen molar-refractivity contribution in [2.75, 3.05) is 0 Å². The monoisotopic (exact) mass is 348 g/mol. The number of allylic oxidation sites excluding steroid dienone is 8. The quantitative estimate of drug-likeness (QED) is 0.703. The van der Waals surface area contributed by atoms with E-state index in [9.17, 15) is 0 Å². The molecule has 0 saturated carbocycles. The number of halogens is 1. The van der Waals surface area contributed by atoms with Crippen LogP contribution in [0.2, 0.25) is 0 Å². The van der Waals surface area contributed by atoms with Crippen molar-refractivity contribution in [2.45, 2.75) is 24.8 Å². The molecule has 1 aromatic carbocycles. The number of hydrogen-bond acceptors (Lipinski definition) is 1. The third-order valence-corrected chi connectivity index (χ3v) is 5.51. The minimum absolute atomic E-state index is 0.264. The van der Waals surface area contributed by atoms with Crippen LogP contribution in [-0.2, 0) is 5.54 Å². The minimum atomic E-state index is -0.396. The smallest absolute Gasteiger partial charge is 0.103 e. The van der Waals surface area contributed by atoms with Gasteiger partial charge >= 0.3 is 0 Å². The lowest BCUT2D eigenvalue weighted by Gasteiger charge is -2.44. The third kappa shape index (κ3) is 2.71. The van der Waals surface area contributed by atoms with Gasteiger partial charge in [-0.05, 0) is 30.4 Å². The van der Waals surface area contributed by atoms with Crippen molar-refractivity contribution < 1.29 is 0 Å². The predicted octanol–water partition coefficient (Wildman–Crippen LogP) is 5.60. The second-order valence-corrected chi connectivity index (χ2v) is 6.91. The van der Waals surface area contributed by atoms with E-state index in [1.807, 2.05) is 12.5 Å². The fourth-order valence-corrected chi connectivity index (χ4v) is 4.41. The van der Waals surface area contributed by atoms with Crippen LogP contribution in [-0.4, -0.2) is 9.55 Å². The molecule has 0 amide bonds. The molecule has 0 aliphatic heterocycles. The van der Waals surface area contributed by atoms with Crippen LogP contribution >= 0.6 is 11.6 Å². The van der Waals surface area contributed by atoms with Crippen molar-refractivity contribution in [3.05, 3.63) is 102 Å². The summed E-state index contributed by atoms with van der Waals surface area (Å²) in [7, 11) is 0. The van der Waals surface area contributed by atoms with E-state index in [-0.39, 0.29) is 5.92 Å². The molecule has 1 heterocycles. The number of imidazole rings is 1. The molecule has 2 aliphatic carbocycles. The van der Waals surface area contributed by atoms with Crippen molar-refractivity contribution in [3.8, 4) is 0 Å². The Bertz CT molecular complexity index is 843. The highest BCUT2D eigenvalue weighted by atomic mass is 35.5. The topological polar surface area (TPSA) is 17.8 Å². The van der Waals surface area contributed by atoms with Crippen molar-refractivity contribution in [1.29, 1.82) is 0 Å². The van der Waals surface area contributed by atoms with E-state index in [4.69, 9.17) is 11.6 Å². The number of benzene rings is 1. The van der Waals surface area contributed by atoms with Gasteiger partial charge in [0.25, 0.3) is 0 Å². The van der Waals surface area contributed by atoms with Crippen LogP contribution in [0.25, 0.3) is 0 Å². The van der Waals surface area contributed by atoms with Crippen LogP contribution < -0.4 is 0 Å². The molecule has 0 fully saturated rings. The van der Waals surface area contributed by atoms with Gasteiger partial charge in [-0.25, -0.2) is 4.98 Å². The summed E-state index contributed by atoms with van der Waals surface area (Å²) in [4.78, 5) is 4.36. The summed E-state index contributed by atoms with van der Waals surface area (Å²) in [6.45, 7) is 0. The van der Waals surface area contributed by atoms with E-state index < -0.39 is 5.54 Å². The molecule has 126 valence electrons. The summed E-state index contributed by atoms with van der Waals surface area (Å²) >= 11 is 6.77. The zero-order valence-electron chi connectivity index (χ0n) is 14.1. The highest BCUT2D eigenvalue weighted by Gasteiger charge is 2.45. The zero-order valence-corrected chi connectivity index (χ0v) is 14.8. The van der Waals surface area contributed by atoms with Gasteiger partial charge < -0.3 is 4.57 Å². The van der Waals surface area contributed by atoms with Crippen LogP contribution in [0, 0.1) is 5.92 Å². The Hall–Kier alpha value is -2.32. The van der Waals surface area contributed by atoms with Gasteiger partial charge in [-0.1, -0.05) is 78.4 Å². The molecule has 3 heteroatoms. The first-order valence-electron chi connectivity index (χ1n) is 8.77. The Morgan fingerprint density at radius 1 is 1.08 bits per heavy atom. The highest BCUT2D eigenvalue weighted by Crippen LogP contribution is 2.48. The van der Waals surface area contributed by atoms with Crippen LogP contribution in [0.1, 0.15) is 24.8 Å². The van der Waals surface area contributed by atoms with Crippen LogP contribution in [0.15, 0.2) is 96.1 Å². The average molecular weight is 349 g/mol. The molecular formula is C22H21ClN2. The molecule has 0 saturated heterocycles. The molecule has 0 radical (unpaired) electrons. The second kappa shape index (κ2) is 6.89. The average Bonchev–Trinajstić information content (AvgIpc) is 3.21. The normalized spacial score (nSPS) is 22.2. The summed E-state index contributed by atoms with van der Waals surface area (Å²) in [5, 5.41) is 0.853. The van der Waals surface area contributed by atoms with E-state index in [1.165, 1.54) is 11.1 Å². The molecule has 0 N–H and O–H groups in total. The van der Waals surface area contributed by atoms with E-state index in [0.717, 1.165) is 24.3 Å². The summed E-state index contributed by atoms with van der Waals surface area (Å²) < 4.78 is 2.23. The van der Waals surface area contributed by atoms with Gasteiger partial charge in [0.05, 0.1) is 6.33 Å². The summed E-state index contributed by atoms with van der Waals surface area (Å²) in [6, 6.07) is 10.7. The van der Waals surface area contributed by atoms with Crippen molar-refractivity contribution >= 4 is 11.6 Å². The fourth-order valence-electron chi connectivity index (χ4n) is 4.08. The maximum absolute atomic E-state index is 6.77. The first-order chi connectivity index (χ1) is 12.3. The minimum Gasteiger partial charge on any atom is -0.322 e. The van der Waals surface area contributed by atoms with Crippen LogP contribution in [0.4, 0.5) is 0 Å². The SMILES string of the molecule is ClC1=CCCC=C1C(c1ccccc1)(C1C=CC=CC1)n1ccnc1. The van der Waals surface area contributed by atoms with E-state index in [2.05, 4.69) is 82.5 Å². The molecular weight excluding hydrogens is 328 g/mol. The van der Waals surface area contributed by atoms with Gasteiger partial charge in [-0.3, -0.25) is 0 Å². The standard InChI is InChI=1S/C22H21ClN2/c23-21-14-8-7-13-20(21)22(25-16-15-24-17-25,18-9-3-1-4-10-18)19-11-5-2-6-12-19/h1-6,9-11,13-17,19H,7-8,12H2. The number of rotatable bonds is 4. The Labute approximate surface area is 153 Å². The van der Waals surface area contributed by atoms with Gasteiger partial charge in [-0.15, -0.1) is 0 Å². The number of nitrogens with zero attached hydrogens (tertiary/aromatic N) is 2. The lowest BCUT2D eigenvalue weighted by molar-refractivity contribution is 0.317. The van der Waals surface area contributed by atoms with Gasteiger partial charge in [0.1, 0.15) is 5.54 Å². The van der Waals surface area contributed by atoms with E-state index in [0.29, 0.717) is 0 Å². The fraction of sp³-hybridized carbons (Fsp3) is 0.227. The summed E-state index contributed by atoms with van der Waals surface area (Å²) in [6.07, 6.45) is 22.0. The molecule has 4 rings (SSSR count). The molecule has 0 bridgehead atoms. The number of hydrogen-bond donors (Lipinski definition) is 0. The predicted molar refractivity (Wildman–Crippen MR) is 103 cm³/mol. The van der Waals surface area contributed by atoms with Gasteiger partial charge in [-0.2, -0.15) is 0 Å². The molecule has 2 atom stereocenters. The molecule has 2 aliphatic rings. The van der Waals surface area contributed by atoms with E-state index in [1.54, 1.807) is 0 Å². The van der Waals surface area contributed by atoms with Gasteiger partial charge in [0, 0.05) is 23.3 Å². The lowest BCUT2D eigenvalue weighted by Crippen LogP contribution is -2.44. The zero-order chi connectivity index (χ0) is 17.1. The Morgan fingerprint density at radius 2 is 1.92 bits per heavy atom. The highest BCUT2D eigenvalue weighted by molar-refractivity contribution is 6.32. The third-order valence-electron chi connectivity index (χ3n) is 5.15. The molecule has 1 aromatic heterocycles. The first kappa shape index (κ1) is 16.2. The Balaban J connectivity index is 2.02. The first-order valence-corrected chi connectivity index (χ1v) is 9.15. The molecule has 2 unspecified atom stereocenters. The molecule has 2 nitrogen and oxygen atoms in total. The molecule has 0 spiro atoms. The largest absolute Gasteiger partial charge is 0.322 e. The van der Waals surface area contributed by atoms with Crippen molar-refractivity contribution in [2.24, 2.45) is 5.92 Å². The Kier molecular flexibility index (Phi) is 4.46. The molecule has 25 heavy (non-hydrogen) atoms. The van der Waals surface area contributed by atoms with Gasteiger partial charge in [0.15, 0.2) is 0 Å². The summed E-state index contributed by atoms with van der Waals surface area (Å²) in [5.41, 5.74) is 2.01. The molecule has 2 aromatic rings. The summed E-state index contributed by atoms with van der Waals surface area (Å²) in [5.74, 6) is 0.264. The maximum Gasteiger partial charge on any atom is 0.103 e.